The quantitative estimate of drug-likeness (QED) is 0.829. The molecule has 2 aliphatic heterocycles. The Labute approximate surface area is 171 Å². The molecule has 29 heavy (non-hydrogen) atoms. The monoisotopic (exact) mass is 400 g/mol. The number of methoxy groups -OCH3 is 1. The molecule has 2 atom stereocenters. The molecule has 0 saturated carbocycles. The lowest BCUT2D eigenvalue weighted by Crippen LogP contribution is -2.58. The van der Waals surface area contributed by atoms with Crippen LogP contribution in [-0.2, 0) is 6.54 Å². The number of hydrogen-bond donors (Lipinski definition) is 1. The molecule has 0 unspecified atom stereocenters. The molecule has 0 bridgehead atoms. The van der Waals surface area contributed by atoms with Gasteiger partial charge in [0.25, 0.3) is 0 Å². The Morgan fingerprint density at radius 2 is 1.97 bits per heavy atom. The average Bonchev–Trinajstić information content (AvgIpc) is 2.76. The van der Waals surface area contributed by atoms with Crippen LogP contribution in [-0.4, -0.2) is 78.4 Å². The first-order valence-corrected chi connectivity index (χ1v) is 10.3. The van der Waals surface area contributed by atoms with Gasteiger partial charge in [-0.05, 0) is 24.6 Å². The number of β-amino-alcohol motifs (C(OH)–C–C–N with tert-alkyl or cyclic N) is 1. The fraction of sp³-hybridized carbons (Fsp3) is 0.500. The summed E-state index contributed by atoms with van der Waals surface area (Å²) in [4.78, 5) is 11.4. The van der Waals surface area contributed by atoms with Gasteiger partial charge in [-0.25, -0.2) is 9.37 Å². The third-order valence-electron chi connectivity index (χ3n) is 6.03. The summed E-state index contributed by atoms with van der Waals surface area (Å²) in [5.74, 6) is 1.29. The van der Waals surface area contributed by atoms with Gasteiger partial charge in [-0.15, -0.1) is 0 Å². The molecule has 0 aliphatic carbocycles. The highest BCUT2D eigenvalue weighted by Crippen LogP contribution is 2.25. The Morgan fingerprint density at radius 3 is 2.66 bits per heavy atom. The molecule has 1 N–H and O–H groups in total. The number of ether oxygens (including phenoxy) is 1. The van der Waals surface area contributed by atoms with Crippen LogP contribution in [0.25, 0.3) is 0 Å². The summed E-state index contributed by atoms with van der Waals surface area (Å²) in [5.41, 5.74) is 0.948. The molecule has 4 rings (SSSR count). The maximum absolute atomic E-state index is 13.4. The lowest BCUT2D eigenvalue weighted by Gasteiger charge is -2.45. The summed E-state index contributed by atoms with van der Waals surface area (Å²) in [6.45, 7) is 5.90. The molecule has 0 amide bonds. The number of benzene rings is 1. The number of pyridine rings is 1. The van der Waals surface area contributed by atoms with Crippen LogP contribution < -0.4 is 9.64 Å². The Balaban J connectivity index is 1.31. The van der Waals surface area contributed by atoms with Gasteiger partial charge in [-0.2, -0.15) is 0 Å². The molecule has 156 valence electrons. The van der Waals surface area contributed by atoms with Crippen LogP contribution in [0.15, 0.2) is 42.6 Å². The molecule has 2 aliphatic rings. The Morgan fingerprint density at radius 1 is 1.14 bits per heavy atom. The topological polar surface area (TPSA) is 52.1 Å². The largest absolute Gasteiger partial charge is 0.496 e. The zero-order valence-corrected chi connectivity index (χ0v) is 16.9. The number of hydrogen-bond acceptors (Lipinski definition) is 6. The van der Waals surface area contributed by atoms with E-state index in [2.05, 4.69) is 19.7 Å². The number of anilines is 1. The summed E-state index contributed by atoms with van der Waals surface area (Å²) >= 11 is 0. The van der Waals surface area contributed by atoms with Crippen molar-refractivity contribution in [1.29, 1.82) is 0 Å². The predicted octanol–water partition coefficient (Wildman–Crippen LogP) is 1.99. The van der Waals surface area contributed by atoms with Crippen molar-refractivity contribution in [3.63, 3.8) is 0 Å². The van der Waals surface area contributed by atoms with Gasteiger partial charge in [0.15, 0.2) is 0 Å². The van der Waals surface area contributed by atoms with Crippen molar-refractivity contribution in [1.82, 2.24) is 14.8 Å². The molecule has 2 saturated heterocycles. The molecule has 1 aromatic carbocycles. The number of aliphatic hydroxyl groups excluding tert-OH is 1. The Hall–Kier alpha value is -2.22. The average molecular weight is 400 g/mol. The minimum absolute atomic E-state index is 0.187. The SMILES string of the molecule is COc1cc(F)ccc1CN1CC[C@@H](N2CCN(c3ccccn3)CC2)[C@H](O)C1. The number of halogens is 1. The van der Waals surface area contributed by atoms with Crippen LogP contribution in [0, 0.1) is 5.82 Å². The van der Waals surface area contributed by atoms with Crippen LogP contribution in [0.2, 0.25) is 0 Å². The highest BCUT2D eigenvalue weighted by molar-refractivity contribution is 5.38. The molecule has 0 spiro atoms. The molecular weight excluding hydrogens is 371 g/mol. The van der Waals surface area contributed by atoms with E-state index in [9.17, 15) is 9.50 Å². The summed E-state index contributed by atoms with van der Waals surface area (Å²) < 4.78 is 18.7. The third-order valence-corrected chi connectivity index (χ3v) is 6.03. The van der Waals surface area contributed by atoms with Crippen LogP contribution in [0.4, 0.5) is 10.2 Å². The van der Waals surface area contributed by atoms with Gasteiger partial charge in [-0.3, -0.25) is 9.80 Å². The molecule has 2 aromatic rings. The molecular formula is C22H29FN4O2. The van der Waals surface area contributed by atoms with E-state index in [0.29, 0.717) is 18.8 Å². The van der Waals surface area contributed by atoms with Crippen LogP contribution >= 0.6 is 0 Å². The van der Waals surface area contributed by atoms with E-state index in [1.807, 2.05) is 24.4 Å². The van der Waals surface area contributed by atoms with Crippen molar-refractivity contribution in [2.45, 2.75) is 25.1 Å². The standard InChI is InChI=1S/C22H29FN4O2/c1-29-21-14-18(23)6-5-17(21)15-25-9-7-19(20(28)16-25)26-10-12-27(13-11-26)22-4-2-3-8-24-22/h2-6,8,14,19-20,28H,7,9-13,15-16H2,1H3/t19-,20-/m1/s1. The second-order valence-corrected chi connectivity index (χ2v) is 7.83. The Kier molecular flexibility index (Phi) is 6.28. The number of rotatable bonds is 5. The second kappa shape index (κ2) is 9.07. The summed E-state index contributed by atoms with van der Waals surface area (Å²) in [6, 6.07) is 10.8. The Bertz CT molecular complexity index is 799. The maximum Gasteiger partial charge on any atom is 0.128 e. The fourth-order valence-corrected chi connectivity index (χ4v) is 4.47. The van der Waals surface area contributed by atoms with Crippen molar-refractivity contribution >= 4 is 5.82 Å². The minimum atomic E-state index is -0.392. The number of piperidine rings is 1. The van der Waals surface area contributed by atoms with Gasteiger partial charge in [0.05, 0.1) is 13.2 Å². The third kappa shape index (κ3) is 4.69. The van der Waals surface area contributed by atoms with Crippen LogP contribution in [0.1, 0.15) is 12.0 Å². The van der Waals surface area contributed by atoms with E-state index < -0.39 is 6.10 Å². The van der Waals surface area contributed by atoms with E-state index in [4.69, 9.17) is 4.74 Å². The first-order valence-electron chi connectivity index (χ1n) is 10.3. The minimum Gasteiger partial charge on any atom is -0.496 e. The zero-order valence-electron chi connectivity index (χ0n) is 16.9. The van der Waals surface area contributed by atoms with E-state index in [1.165, 1.54) is 12.1 Å². The molecule has 2 fully saturated rings. The van der Waals surface area contributed by atoms with Crippen molar-refractivity contribution < 1.29 is 14.2 Å². The number of aromatic nitrogens is 1. The maximum atomic E-state index is 13.4. The smallest absolute Gasteiger partial charge is 0.128 e. The van der Waals surface area contributed by atoms with Crippen LogP contribution in [0.5, 0.6) is 5.75 Å². The number of nitrogens with zero attached hydrogens (tertiary/aromatic N) is 4. The van der Waals surface area contributed by atoms with Gasteiger partial charge in [0.1, 0.15) is 17.4 Å². The van der Waals surface area contributed by atoms with Gasteiger partial charge in [0, 0.05) is 69.7 Å². The molecule has 6 nitrogen and oxygen atoms in total. The first kappa shape index (κ1) is 20.1. The van der Waals surface area contributed by atoms with E-state index in [0.717, 1.165) is 50.5 Å². The predicted molar refractivity (Wildman–Crippen MR) is 111 cm³/mol. The lowest BCUT2D eigenvalue weighted by molar-refractivity contribution is -0.0173. The molecule has 3 heterocycles. The van der Waals surface area contributed by atoms with Gasteiger partial charge in [0.2, 0.25) is 0 Å². The summed E-state index contributed by atoms with van der Waals surface area (Å²) in [7, 11) is 1.56. The van der Waals surface area contributed by atoms with Crippen molar-refractivity contribution in [3.05, 3.63) is 54.0 Å². The van der Waals surface area contributed by atoms with Crippen molar-refractivity contribution in [3.8, 4) is 5.75 Å². The van der Waals surface area contributed by atoms with Gasteiger partial charge >= 0.3 is 0 Å². The normalized spacial score (nSPS) is 23.9. The van der Waals surface area contributed by atoms with Gasteiger partial charge < -0.3 is 14.7 Å². The first-order chi connectivity index (χ1) is 14.1. The van der Waals surface area contributed by atoms with E-state index >= 15 is 0 Å². The van der Waals surface area contributed by atoms with Gasteiger partial charge in [-0.1, -0.05) is 12.1 Å². The van der Waals surface area contributed by atoms with E-state index in [-0.39, 0.29) is 11.9 Å². The van der Waals surface area contributed by atoms with E-state index in [1.54, 1.807) is 13.2 Å². The lowest BCUT2D eigenvalue weighted by atomic mass is 9.98. The highest BCUT2D eigenvalue weighted by atomic mass is 19.1. The molecule has 1 aromatic heterocycles. The van der Waals surface area contributed by atoms with Crippen LogP contribution in [0.3, 0.4) is 0 Å². The number of piperazine rings is 1. The number of likely N-dealkylation sites (tertiary alicyclic amines) is 1. The summed E-state index contributed by atoms with van der Waals surface area (Å²) in [6.07, 6.45) is 2.36. The second-order valence-electron chi connectivity index (χ2n) is 7.83. The fourth-order valence-electron chi connectivity index (χ4n) is 4.47. The summed E-state index contributed by atoms with van der Waals surface area (Å²) in [5, 5.41) is 10.8. The highest BCUT2D eigenvalue weighted by Gasteiger charge is 2.34. The van der Waals surface area contributed by atoms with Crippen molar-refractivity contribution in [2.75, 3.05) is 51.3 Å². The zero-order chi connectivity index (χ0) is 20.2. The number of aliphatic hydroxyl groups is 1. The molecule has 0 radical (unpaired) electrons. The molecule has 7 heteroatoms. The van der Waals surface area contributed by atoms with Crippen molar-refractivity contribution in [2.24, 2.45) is 0 Å².